The molecule has 1 unspecified atom stereocenters. The van der Waals surface area contributed by atoms with Gasteiger partial charge in [-0.15, -0.1) is 0 Å². The van der Waals surface area contributed by atoms with E-state index >= 15 is 0 Å². The highest BCUT2D eigenvalue weighted by Gasteiger charge is 2.11. The largest absolute Gasteiger partial charge is 0.493 e. The maximum absolute atomic E-state index is 10.1. The van der Waals surface area contributed by atoms with Crippen LogP contribution in [-0.2, 0) is 0 Å². The summed E-state index contributed by atoms with van der Waals surface area (Å²) in [5.41, 5.74) is 0.893. The highest BCUT2D eigenvalue weighted by Crippen LogP contribution is 2.31. The molecule has 3 heteroatoms. The van der Waals surface area contributed by atoms with Crippen LogP contribution in [-0.4, -0.2) is 19.3 Å². The Kier molecular flexibility index (Phi) is 6.58. The standard InChI is InChI=1S/C15H24O3/c1-4-5-6-7-8-13(16)12-9-10-14(17-2)15(11-12)18-3/h9-11,13,16H,4-8H2,1-3H3. The van der Waals surface area contributed by atoms with E-state index in [0.29, 0.717) is 11.5 Å². The quantitative estimate of drug-likeness (QED) is 0.717. The van der Waals surface area contributed by atoms with E-state index in [1.54, 1.807) is 14.2 Å². The Morgan fingerprint density at radius 2 is 1.78 bits per heavy atom. The molecule has 1 rings (SSSR count). The highest BCUT2D eigenvalue weighted by atomic mass is 16.5. The molecular formula is C15H24O3. The van der Waals surface area contributed by atoms with E-state index in [1.165, 1.54) is 19.3 Å². The van der Waals surface area contributed by atoms with Gasteiger partial charge in [-0.1, -0.05) is 38.7 Å². The number of aliphatic hydroxyl groups excluding tert-OH is 1. The third kappa shape index (κ3) is 4.22. The normalized spacial score (nSPS) is 12.2. The molecule has 1 N–H and O–H groups in total. The van der Waals surface area contributed by atoms with Gasteiger partial charge >= 0.3 is 0 Å². The van der Waals surface area contributed by atoms with Crippen molar-refractivity contribution < 1.29 is 14.6 Å². The van der Waals surface area contributed by atoms with Crippen molar-refractivity contribution in [2.75, 3.05) is 14.2 Å². The second-order valence-electron chi connectivity index (χ2n) is 4.48. The first kappa shape index (κ1) is 14.8. The Morgan fingerprint density at radius 1 is 1.06 bits per heavy atom. The maximum atomic E-state index is 10.1. The summed E-state index contributed by atoms with van der Waals surface area (Å²) in [6.07, 6.45) is 5.08. The molecule has 0 aliphatic rings. The van der Waals surface area contributed by atoms with Crippen molar-refractivity contribution in [3.05, 3.63) is 23.8 Å². The van der Waals surface area contributed by atoms with E-state index in [9.17, 15) is 5.11 Å². The molecule has 0 amide bonds. The maximum Gasteiger partial charge on any atom is 0.161 e. The zero-order valence-corrected chi connectivity index (χ0v) is 11.6. The summed E-state index contributed by atoms with van der Waals surface area (Å²) in [6.45, 7) is 2.19. The number of ether oxygens (including phenoxy) is 2. The van der Waals surface area contributed by atoms with Crippen molar-refractivity contribution in [1.29, 1.82) is 0 Å². The van der Waals surface area contributed by atoms with Crippen molar-refractivity contribution in [2.24, 2.45) is 0 Å². The van der Waals surface area contributed by atoms with E-state index in [-0.39, 0.29) is 0 Å². The van der Waals surface area contributed by atoms with Crippen LogP contribution in [0.1, 0.15) is 50.7 Å². The van der Waals surface area contributed by atoms with Gasteiger partial charge in [-0.3, -0.25) is 0 Å². The van der Waals surface area contributed by atoms with E-state index in [1.807, 2.05) is 18.2 Å². The summed E-state index contributed by atoms with van der Waals surface area (Å²) in [5.74, 6) is 1.36. The van der Waals surface area contributed by atoms with Gasteiger partial charge in [-0.05, 0) is 24.1 Å². The Balaban J connectivity index is 2.59. The van der Waals surface area contributed by atoms with E-state index in [0.717, 1.165) is 18.4 Å². The number of rotatable bonds is 8. The van der Waals surface area contributed by atoms with Crippen molar-refractivity contribution >= 4 is 0 Å². The SMILES string of the molecule is CCCCCCC(O)c1ccc(OC)c(OC)c1. The molecule has 0 saturated heterocycles. The van der Waals surface area contributed by atoms with Crippen molar-refractivity contribution in [3.63, 3.8) is 0 Å². The number of methoxy groups -OCH3 is 2. The first-order valence-corrected chi connectivity index (χ1v) is 6.63. The van der Waals surface area contributed by atoms with E-state index < -0.39 is 6.10 Å². The Morgan fingerprint density at radius 3 is 2.39 bits per heavy atom. The number of hydrogen-bond acceptors (Lipinski definition) is 3. The second kappa shape index (κ2) is 7.98. The summed E-state index contributed by atoms with van der Waals surface area (Å²) >= 11 is 0. The van der Waals surface area contributed by atoms with Gasteiger partial charge in [0.15, 0.2) is 11.5 Å². The summed E-state index contributed by atoms with van der Waals surface area (Å²) < 4.78 is 10.4. The Hall–Kier alpha value is -1.22. The highest BCUT2D eigenvalue weighted by molar-refractivity contribution is 5.43. The van der Waals surface area contributed by atoms with Gasteiger partial charge < -0.3 is 14.6 Å². The lowest BCUT2D eigenvalue weighted by Crippen LogP contribution is -1.99. The van der Waals surface area contributed by atoms with Crippen LogP contribution in [0.5, 0.6) is 11.5 Å². The molecule has 1 aromatic rings. The summed E-state index contributed by atoms with van der Waals surface area (Å²) in [4.78, 5) is 0. The third-order valence-corrected chi connectivity index (χ3v) is 3.12. The summed E-state index contributed by atoms with van der Waals surface area (Å²) in [5, 5.41) is 10.1. The van der Waals surface area contributed by atoms with Gasteiger partial charge in [-0.2, -0.15) is 0 Å². The molecule has 0 aliphatic heterocycles. The van der Waals surface area contributed by atoms with Gasteiger partial charge in [0.05, 0.1) is 20.3 Å². The fourth-order valence-corrected chi connectivity index (χ4v) is 1.99. The van der Waals surface area contributed by atoms with Gasteiger partial charge in [0.2, 0.25) is 0 Å². The minimum absolute atomic E-state index is 0.415. The molecule has 0 saturated carbocycles. The number of aliphatic hydroxyl groups is 1. The average molecular weight is 252 g/mol. The Labute approximate surface area is 110 Å². The molecule has 0 aromatic heterocycles. The molecule has 0 radical (unpaired) electrons. The van der Waals surface area contributed by atoms with Crippen LogP contribution < -0.4 is 9.47 Å². The molecule has 0 heterocycles. The number of unbranched alkanes of at least 4 members (excludes halogenated alkanes) is 3. The topological polar surface area (TPSA) is 38.7 Å². The van der Waals surface area contributed by atoms with Crippen LogP contribution >= 0.6 is 0 Å². The summed E-state index contributed by atoms with van der Waals surface area (Å²) in [7, 11) is 3.22. The fourth-order valence-electron chi connectivity index (χ4n) is 1.99. The van der Waals surface area contributed by atoms with Crippen LogP contribution in [0.15, 0.2) is 18.2 Å². The number of benzene rings is 1. The van der Waals surface area contributed by atoms with Crippen molar-refractivity contribution in [3.8, 4) is 11.5 Å². The van der Waals surface area contributed by atoms with Crippen LogP contribution in [0.25, 0.3) is 0 Å². The first-order chi connectivity index (χ1) is 8.72. The average Bonchev–Trinajstić information content (AvgIpc) is 2.42. The predicted molar refractivity (Wildman–Crippen MR) is 73.3 cm³/mol. The molecule has 3 nitrogen and oxygen atoms in total. The van der Waals surface area contributed by atoms with Crippen LogP contribution in [0.4, 0.5) is 0 Å². The molecule has 0 spiro atoms. The lowest BCUT2D eigenvalue weighted by molar-refractivity contribution is 0.163. The van der Waals surface area contributed by atoms with Gasteiger partial charge in [0, 0.05) is 0 Å². The lowest BCUT2D eigenvalue weighted by atomic mass is 10.0. The van der Waals surface area contributed by atoms with Crippen LogP contribution in [0, 0.1) is 0 Å². The molecule has 18 heavy (non-hydrogen) atoms. The molecule has 102 valence electrons. The van der Waals surface area contributed by atoms with Crippen molar-refractivity contribution in [1.82, 2.24) is 0 Å². The fraction of sp³-hybridized carbons (Fsp3) is 0.600. The van der Waals surface area contributed by atoms with Gasteiger partial charge in [0.1, 0.15) is 0 Å². The molecular weight excluding hydrogens is 228 g/mol. The molecule has 0 bridgehead atoms. The molecule has 0 fully saturated rings. The minimum Gasteiger partial charge on any atom is -0.493 e. The molecule has 0 aliphatic carbocycles. The molecule has 1 atom stereocenters. The lowest BCUT2D eigenvalue weighted by Gasteiger charge is -2.14. The zero-order valence-electron chi connectivity index (χ0n) is 11.6. The Bertz CT molecular complexity index is 350. The number of hydrogen-bond donors (Lipinski definition) is 1. The van der Waals surface area contributed by atoms with Crippen molar-refractivity contribution in [2.45, 2.75) is 45.1 Å². The minimum atomic E-state index is -0.415. The smallest absolute Gasteiger partial charge is 0.161 e. The monoisotopic (exact) mass is 252 g/mol. The van der Waals surface area contributed by atoms with Crippen LogP contribution in [0.3, 0.4) is 0 Å². The summed E-state index contributed by atoms with van der Waals surface area (Å²) in [6, 6.07) is 5.58. The van der Waals surface area contributed by atoms with Gasteiger partial charge in [-0.25, -0.2) is 0 Å². The van der Waals surface area contributed by atoms with E-state index in [4.69, 9.17) is 9.47 Å². The predicted octanol–water partition coefficient (Wildman–Crippen LogP) is 3.71. The second-order valence-corrected chi connectivity index (χ2v) is 4.48. The van der Waals surface area contributed by atoms with Gasteiger partial charge in [0.25, 0.3) is 0 Å². The first-order valence-electron chi connectivity index (χ1n) is 6.63. The zero-order chi connectivity index (χ0) is 13.4. The molecule has 1 aromatic carbocycles. The van der Waals surface area contributed by atoms with Crippen LogP contribution in [0.2, 0.25) is 0 Å². The van der Waals surface area contributed by atoms with E-state index in [2.05, 4.69) is 6.92 Å². The third-order valence-electron chi connectivity index (χ3n) is 3.12.